The Labute approximate surface area is 155 Å². The minimum absolute atomic E-state index is 0.0953. The highest BCUT2D eigenvalue weighted by Crippen LogP contribution is 2.18. The Morgan fingerprint density at radius 3 is 2.65 bits per heavy atom. The van der Waals surface area contributed by atoms with Crippen molar-refractivity contribution in [3.05, 3.63) is 57.5 Å². The number of thioether (sulfide) groups is 1. The fourth-order valence-corrected chi connectivity index (χ4v) is 2.96. The van der Waals surface area contributed by atoms with Crippen LogP contribution in [0.25, 0.3) is 0 Å². The van der Waals surface area contributed by atoms with Crippen LogP contribution in [-0.4, -0.2) is 34.2 Å². The van der Waals surface area contributed by atoms with Crippen LogP contribution in [-0.2, 0) is 27.3 Å². The van der Waals surface area contributed by atoms with Gasteiger partial charge in [0.15, 0.2) is 5.16 Å². The molecule has 7 nitrogen and oxygen atoms in total. The molecule has 0 bridgehead atoms. The molecule has 2 aromatic rings. The molecule has 8 heteroatoms. The number of amides is 1. The summed E-state index contributed by atoms with van der Waals surface area (Å²) in [7, 11) is 1.27. The number of nitrogens with one attached hydrogen (secondary N) is 2. The third-order valence-corrected chi connectivity index (χ3v) is 4.56. The number of methoxy groups -OCH3 is 1. The van der Waals surface area contributed by atoms with E-state index in [0.29, 0.717) is 12.2 Å². The molecule has 0 radical (unpaired) electrons. The molecule has 26 heavy (non-hydrogen) atoms. The summed E-state index contributed by atoms with van der Waals surface area (Å²) >= 11 is 1.12. The Morgan fingerprint density at radius 1 is 1.31 bits per heavy atom. The van der Waals surface area contributed by atoms with Crippen molar-refractivity contribution >= 4 is 23.6 Å². The summed E-state index contributed by atoms with van der Waals surface area (Å²) in [5.41, 5.74) is 2.09. The number of carbonyl (C=O) groups excluding carboxylic acids is 2. The molecule has 1 heterocycles. The van der Waals surface area contributed by atoms with Crippen LogP contribution in [0.5, 0.6) is 0 Å². The number of aromatic nitrogens is 2. The Morgan fingerprint density at radius 2 is 2.00 bits per heavy atom. The van der Waals surface area contributed by atoms with E-state index in [1.54, 1.807) is 6.92 Å². The minimum Gasteiger partial charge on any atom is -0.469 e. The zero-order valence-corrected chi connectivity index (χ0v) is 15.7. The first-order chi connectivity index (χ1) is 12.4. The fourth-order valence-electron chi connectivity index (χ4n) is 2.11. The first-order valence-corrected chi connectivity index (χ1v) is 8.92. The van der Waals surface area contributed by atoms with Gasteiger partial charge in [-0.25, -0.2) is 4.98 Å². The largest absolute Gasteiger partial charge is 0.469 e. The van der Waals surface area contributed by atoms with Crippen molar-refractivity contribution in [2.75, 3.05) is 7.11 Å². The van der Waals surface area contributed by atoms with Gasteiger partial charge in [0.05, 0.1) is 24.5 Å². The lowest BCUT2D eigenvalue weighted by Gasteiger charge is -2.12. The lowest BCUT2D eigenvalue weighted by molar-refractivity contribution is -0.139. The van der Waals surface area contributed by atoms with E-state index in [-0.39, 0.29) is 23.0 Å². The number of rotatable bonds is 7. The third-order valence-electron chi connectivity index (χ3n) is 3.57. The van der Waals surface area contributed by atoms with Gasteiger partial charge in [0.2, 0.25) is 5.91 Å². The molecule has 138 valence electrons. The molecule has 1 amide bonds. The average Bonchev–Trinajstić information content (AvgIpc) is 2.60. The molecule has 0 saturated heterocycles. The average molecular weight is 375 g/mol. The van der Waals surface area contributed by atoms with Crippen molar-refractivity contribution in [1.82, 2.24) is 15.3 Å². The summed E-state index contributed by atoms with van der Waals surface area (Å²) in [6.45, 7) is 4.15. The van der Waals surface area contributed by atoms with Crippen LogP contribution < -0.4 is 10.9 Å². The van der Waals surface area contributed by atoms with Crippen molar-refractivity contribution in [3.8, 4) is 0 Å². The molecule has 0 aliphatic carbocycles. The van der Waals surface area contributed by atoms with Gasteiger partial charge in [-0.05, 0) is 19.4 Å². The highest BCUT2D eigenvalue weighted by atomic mass is 32.2. The summed E-state index contributed by atoms with van der Waals surface area (Å²) in [6, 6.07) is 9.14. The van der Waals surface area contributed by atoms with Crippen LogP contribution >= 0.6 is 11.8 Å². The van der Waals surface area contributed by atoms with E-state index in [0.717, 1.165) is 22.9 Å². The molecule has 0 unspecified atom stereocenters. The molecular weight excluding hydrogens is 354 g/mol. The molecule has 1 aromatic heterocycles. The topological polar surface area (TPSA) is 101 Å². The van der Waals surface area contributed by atoms with Gasteiger partial charge in [-0.15, -0.1) is 0 Å². The SMILES string of the molecule is COC(=O)Cc1cc(=O)[nH]c(S[C@H](C)C(=O)NCc2ccc(C)cc2)n1. The Hall–Kier alpha value is -2.61. The molecule has 0 saturated carbocycles. The van der Waals surface area contributed by atoms with E-state index in [1.165, 1.54) is 13.2 Å². The van der Waals surface area contributed by atoms with Crippen molar-refractivity contribution in [1.29, 1.82) is 0 Å². The first-order valence-electron chi connectivity index (χ1n) is 8.04. The number of aromatic amines is 1. The van der Waals surface area contributed by atoms with Crippen LogP contribution in [0.15, 0.2) is 40.3 Å². The van der Waals surface area contributed by atoms with Crippen LogP contribution in [0.3, 0.4) is 0 Å². The maximum atomic E-state index is 12.3. The summed E-state index contributed by atoms with van der Waals surface area (Å²) in [4.78, 5) is 42.1. The van der Waals surface area contributed by atoms with Crippen LogP contribution in [0.4, 0.5) is 0 Å². The zero-order chi connectivity index (χ0) is 19.1. The molecule has 0 aliphatic rings. The van der Waals surface area contributed by atoms with Crippen LogP contribution in [0.2, 0.25) is 0 Å². The van der Waals surface area contributed by atoms with Gasteiger partial charge >= 0.3 is 5.97 Å². The predicted octanol–water partition coefficient (Wildman–Crippen LogP) is 1.59. The zero-order valence-electron chi connectivity index (χ0n) is 14.9. The Balaban J connectivity index is 1.96. The van der Waals surface area contributed by atoms with Gasteiger partial charge in [0, 0.05) is 12.6 Å². The van der Waals surface area contributed by atoms with E-state index in [2.05, 4.69) is 20.0 Å². The molecule has 1 aromatic carbocycles. The number of benzene rings is 1. The highest BCUT2D eigenvalue weighted by Gasteiger charge is 2.16. The third kappa shape index (κ3) is 6.03. The normalized spacial score (nSPS) is 11.7. The highest BCUT2D eigenvalue weighted by molar-refractivity contribution is 8.00. The summed E-state index contributed by atoms with van der Waals surface area (Å²) in [6.07, 6.45) is -0.0953. The van der Waals surface area contributed by atoms with Crippen molar-refractivity contribution in [2.24, 2.45) is 0 Å². The van der Waals surface area contributed by atoms with E-state index in [9.17, 15) is 14.4 Å². The smallest absolute Gasteiger partial charge is 0.311 e. The van der Waals surface area contributed by atoms with Crippen molar-refractivity contribution < 1.29 is 14.3 Å². The monoisotopic (exact) mass is 375 g/mol. The molecular formula is C18H21N3O4S. The molecule has 2 rings (SSSR count). The number of ether oxygens (including phenoxy) is 1. The number of nitrogens with zero attached hydrogens (tertiary/aromatic N) is 1. The number of aryl methyl sites for hydroxylation is 1. The number of hydrogen-bond acceptors (Lipinski definition) is 6. The van der Waals surface area contributed by atoms with E-state index >= 15 is 0 Å². The number of hydrogen-bond donors (Lipinski definition) is 2. The van der Waals surface area contributed by atoms with Gasteiger partial charge in [0.25, 0.3) is 5.56 Å². The second-order valence-electron chi connectivity index (χ2n) is 5.76. The van der Waals surface area contributed by atoms with E-state index in [1.807, 2.05) is 31.2 Å². The van der Waals surface area contributed by atoms with E-state index in [4.69, 9.17) is 0 Å². The second kappa shape index (κ2) is 9.19. The lowest BCUT2D eigenvalue weighted by atomic mass is 10.1. The Kier molecular flexibility index (Phi) is 6.97. The first kappa shape index (κ1) is 19.7. The standard InChI is InChI=1S/C18H21N3O4S/c1-11-4-6-13(7-5-11)10-19-17(24)12(2)26-18-20-14(8-15(22)21-18)9-16(23)25-3/h4-8,12H,9-10H2,1-3H3,(H,19,24)(H,20,21,22)/t12-/m1/s1. The summed E-state index contributed by atoms with van der Waals surface area (Å²) in [5, 5.41) is 2.68. The van der Waals surface area contributed by atoms with Gasteiger partial charge in [-0.1, -0.05) is 41.6 Å². The van der Waals surface area contributed by atoms with Crippen molar-refractivity contribution in [3.63, 3.8) is 0 Å². The summed E-state index contributed by atoms with van der Waals surface area (Å²) < 4.78 is 4.57. The fraction of sp³-hybridized carbons (Fsp3) is 0.333. The molecule has 0 aliphatic heterocycles. The van der Waals surface area contributed by atoms with Gasteiger partial charge < -0.3 is 15.0 Å². The number of carbonyl (C=O) groups is 2. The lowest BCUT2D eigenvalue weighted by Crippen LogP contribution is -2.30. The molecule has 1 atom stereocenters. The Bertz CT molecular complexity index is 833. The second-order valence-corrected chi connectivity index (χ2v) is 7.09. The van der Waals surface area contributed by atoms with Crippen LogP contribution in [0, 0.1) is 6.92 Å². The summed E-state index contributed by atoms with van der Waals surface area (Å²) in [5.74, 6) is -0.653. The molecule has 2 N–H and O–H groups in total. The minimum atomic E-state index is -0.483. The maximum Gasteiger partial charge on any atom is 0.311 e. The van der Waals surface area contributed by atoms with Crippen LogP contribution in [0.1, 0.15) is 23.7 Å². The number of H-pyrrole nitrogens is 1. The van der Waals surface area contributed by atoms with Gasteiger partial charge in [-0.3, -0.25) is 14.4 Å². The van der Waals surface area contributed by atoms with Gasteiger partial charge in [0.1, 0.15) is 0 Å². The molecule has 0 spiro atoms. The van der Waals surface area contributed by atoms with E-state index < -0.39 is 11.2 Å². The maximum absolute atomic E-state index is 12.3. The van der Waals surface area contributed by atoms with Gasteiger partial charge in [-0.2, -0.15) is 0 Å². The quantitative estimate of drug-likeness (QED) is 0.433. The molecule has 0 fully saturated rings. The predicted molar refractivity (Wildman–Crippen MR) is 98.9 cm³/mol. The number of esters is 1. The van der Waals surface area contributed by atoms with Crippen molar-refractivity contribution in [2.45, 2.75) is 37.2 Å².